The van der Waals surface area contributed by atoms with E-state index < -0.39 is 32.5 Å². The zero-order valence-electron chi connectivity index (χ0n) is 16.9. The van der Waals surface area contributed by atoms with Crippen LogP contribution in [0.15, 0.2) is 53.4 Å². The van der Waals surface area contributed by atoms with Gasteiger partial charge in [0.05, 0.1) is 16.8 Å². The number of sulfonamides is 2. The maximum atomic E-state index is 12.5. The van der Waals surface area contributed by atoms with Crippen molar-refractivity contribution in [1.82, 2.24) is 4.31 Å². The highest BCUT2D eigenvalue weighted by Gasteiger charge is 2.23. The summed E-state index contributed by atoms with van der Waals surface area (Å²) in [6, 6.07) is 12.5. The summed E-state index contributed by atoms with van der Waals surface area (Å²) < 4.78 is 52.7. The minimum absolute atomic E-state index is 0.126. The van der Waals surface area contributed by atoms with Crippen molar-refractivity contribution in [3.05, 3.63) is 52.1 Å². The van der Waals surface area contributed by atoms with Crippen LogP contribution in [0.5, 0.6) is 0 Å². The van der Waals surface area contributed by atoms with E-state index in [9.17, 15) is 21.6 Å². The van der Waals surface area contributed by atoms with Gasteiger partial charge in [0.1, 0.15) is 6.54 Å². The molecule has 2 rings (SSSR count). The van der Waals surface area contributed by atoms with Gasteiger partial charge in [-0.05, 0) is 71.1 Å². The molecule has 164 valence electrons. The summed E-state index contributed by atoms with van der Waals surface area (Å²) in [7, 11) is -7.27. The Morgan fingerprint density at radius 2 is 1.47 bits per heavy atom. The molecule has 1 amide bonds. The van der Waals surface area contributed by atoms with Gasteiger partial charge in [0.25, 0.3) is 0 Å². The lowest BCUT2D eigenvalue weighted by Gasteiger charge is -2.22. The van der Waals surface area contributed by atoms with Crippen molar-refractivity contribution < 1.29 is 21.6 Å². The van der Waals surface area contributed by atoms with Gasteiger partial charge in [-0.25, -0.2) is 16.8 Å². The second-order valence-corrected chi connectivity index (χ2v) is 11.5. The number of carbonyl (C=O) groups is 1. The SMILES string of the molecule is CCN(CC)S(=O)(=O)c1ccc(NC(=O)CN(c2ccc(I)cc2)S(C)(=O)=O)cc1. The van der Waals surface area contributed by atoms with Crippen molar-refractivity contribution in [2.45, 2.75) is 18.7 Å². The van der Waals surface area contributed by atoms with E-state index in [1.165, 1.54) is 28.6 Å². The molecule has 8 nitrogen and oxygen atoms in total. The summed E-state index contributed by atoms with van der Waals surface area (Å²) in [5, 5.41) is 2.61. The molecule has 0 aliphatic rings. The summed E-state index contributed by atoms with van der Waals surface area (Å²) >= 11 is 2.11. The van der Waals surface area contributed by atoms with Crippen LogP contribution < -0.4 is 9.62 Å². The van der Waals surface area contributed by atoms with Gasteiger partial charge in [0, 0.05) is 22.3 Å². The molecule has 0 aliphatic heterocycles. The third-order valence-corrected chi connectivity index (χ3v) is 8.21. The van der Waals surface area contributed by atoms with Gasteiger partial charge >= 0.3 is 0 Å². The molecule has 0 bridgehead atoms. The lowest BCUT2D eigenvalue weighted by molar-refractivity contribution is -0.114. The number of amides is 1. The zero-order chi connectivity index (χ0) is 22.5. The minimum atomic E-state index is -3.67. The number of rotatable bonds is 9. The Bertz CT molecular complexity index is 1080. The number of anilines is 2. The van der Waals surface area contributed by atoms with E-state index in [-0.39, 0.29) is 4.90 Å². The third-order valence-electron chi connectivity index (χ3n) is 4.28. The van der Waals surface area contributed by atoms with Crippen LogP contribution in [-0.2, 0) is 24.8 Å². The minimum Gasteiger partial charge on any atom is -0.325 e. The van der Waals surface area contributed by atoms with Crippen LogP contribution in [-0.4, -0.2) is 52.9 Å². The summed E-state index contributed by atoms with van der Waals surface area (Å²) in [6.45, 7) is 3.83. The maximum absolute atomic E-state index is 12.5. The molecule has 2 aromatic carbocycles. The Hall–Kier alpha value is -1.70. The summed E-state index contributed by atoms with van der Waals surface area (Å²) in [4.78, 5) is 12.6. The summed E-state index contributed by atoms with van der Waals surface area (Å²) in [5.41, 5.74) is 0.753. The number of nitrogens with zero attached hydrogens (tertiary/aromatic N) is 2. The molecule has 0 radical (unpaired) electrons. The third kappa shape index (κ3) is 6.15. The van der Waals surface area contributed by atoms with Crippen molar-refractivity contribution in [3.8, 4) is 0 Å². The van der Waals surface area contributed by atoms with Gasteiger partial charge in [-0.1, -0.05) is 13.8 Å². The number of halogens is 1. The van der Waals surface area contributed by atoms with E-state index in [1.54, 1.807) is 38.1 Å². The normalized spacial score (nSPS) is 12.0. The number of hydrogen-bond donors (Lipinski definition) is 1. The number of benzene rings is 2. The Morgan fingerprint density at radius 3 is 1.93 bits per heavy atom. The molecular weight excluding hydrogens is 541 g/mol. The van der Waals surface area contributed by atoms with E-state index in [1.807, 2.05) is 0 Å². The first-order chi connectivity index (χ1) is 14.0. The first-order valence-corrected chi connectivity index (χ1v) is 13.5. The van der Waals surface area contributed by atoms with Crippen LogP contribution in [0.25, 0.3) is 0 Å². The molecule has 2 aromatic rings. The van der Waals surface area contributed by atoms with Crippen molar-refractivity contribution >= 4 is 59.9 Å². The first kappa shape index (κ1) is 24.6. The van der Waals surface area contributed by atoms with Crippen LogP contribution in [0.1, 0.15) is 13.8 Å². The van der Waals surface area contributed by atoms with Crippen LogP contribution in [0.2, 0.25) is 0 Å². The quantitative estimate of drug-likeness (QED) is 0.471. The van der Waals surface area contributed by atoms with Crippen LogP contribution in [0, 0.1) is 3.57 Å². The molecule has 0 fully saturated rings. The largest absolute Gasteiger partial charge is 0.325 e. The predicted molar refractivity (Wildman–Crippen MR) is 127 cm³/mol. The molecule has 1 N–H and O–H groups in total. The monoisotopic (exact) mass is 565 g/mol. The molecule has 0 heterocycles. The second-order valence-electron chi connectivity index (χ2n) is 6.41. The van der Waals surface area contributed by atoms with E-state index >= 15 is 0 Å². The summed E-state index contributed by atoms with van der Waals surface area (Å²) in [6.07, 6.45) is 1.03. The maximum Gasteiger partial charge on any atom is 0.245 e. The van der Waals surface area contributed by atoms with Gasteiger partial charge in [-0.3, -0.25) is 9.10 Å². The highest BCUT2D eigenvalue weighted by Crippen LogP contribution is 2.21. The standard InChI is InChI=1S/C19H24IN3O5S2/c1-4-22(5-2)30(27,28)18-12-8-16(9-13-18)21-19(24)14-23(29(3,25)26)17-10-6-15(20)7-11-17/h6-13H,4-5,14H2,1-3H3,(H,21,24). The molecule has 0 aromatic heterocycles. The average Bonchev–Trinajstić information content (AvgIpc) is 2.67. The van der Waals surface area contributed by atoms with E-state index in [4.69, 9.17) is 0 Å². The number of carbonyl (C=O) groups excluding carboxylic acids is 1. The second kappa shape index (κ2) is 10.1. The Labute approximate surface area is 191 Å². The van der Waals surface area contributed by atoms with Crippen molar-refractivity contribution in [3.63, 3.8) is 0 Å². The van der Waals surface area contributed by atoms with Crippen molar-refractivity contribution in [2.75, 3.05) is 35.5 Å². The average molecular weight is 565 g/mol. The topological polar surface area (TPSA) is 104 Å². The van der Waals surface area contributed by atoms with Crippen LogP contribution in [0.4, 0.5) is 11.4 Å². The van der Waals surface area contributed by atoms with Crippen molar-refractivity contribution in [2.24, 2.45) is 0 Å². The fourth-order valence-electron chi connectivity index (χ4n) is 2.76. The van der Waals surface area contributed by atoms with Gasteiger partial charge in [0.2, 0.25) is 26.0 Å². The van der Waals surface area contributed by atoms with Crippen LogP contribution >= 0.6 is 22.6 Å². The predicted octanol–water partition coefficient (Wildman–Crippen LogP) is 2.73. The zero-order valence-corrected chi connectivity index (χ0v) is 20.7. The Kier molecular flexibility index (Phi) is 8.25. The van der Waals surface area contributed by atoms with E-state index in [0.717, 1.165) is 14.1 Å². The number of hydrogen-bond acceptors (Lipinski definition) is 5. The number of nitrogens with one attached hydrogen (secondary N) is 1. The molecule has 0 spiro atoms. The fraction of sp³-hybridized carbons (Fsp3) is 0.316. The lowest BCUT2D eigenvalue weighted by atomic mass is 10.3. The molecule has 0 saturated carbocycles. The highest BCUT2D eigenvalue weighted by atomic mass is 127. The molecule has 0 saturated heterocycles. The Balaban J connectivity index is 2.16. The molecule has 11 heteroatoms. The van der Waals surface area contributed by atoms with Gasteiger partial charge in [-0.2, -0.15) is 4.31 Å². The molecule has 30 heavy (non-hydrogen) atoms. The van der Waals surface area contributed by atoms with Gasteiger partial charge in [-0.15, -0.1) is 0 Å². The summed E-state index contributed by atoms with van der Waals surface area (Å²) in [5.74, 6) is -0.543. The van der Waals surface area contributed by atoms with E-state index in [0.29, 0.717) is 24.5 Å². The highest BCUT2D eigenvalue weighted by molar-refractivity contribution is 14.1. The molecular formula is C19H24IN3O5S2. The fourth-order valence-corrected chi connectivity index (χ4v) is 5.44. The molecule has 0 atom stereocenters. The van der Waals surface area contributed by atoms with Crippen molar-refractivity contribution in [1.29, 1.82) is 0 Å². The van der Waals surface area contributed by atoms with Gasteiger partial charge in [0.15, 0.2) is 0 Å². The molecule has 0 aliphatic carbocycles. The first-order valence-electron chi connectivity index (χ1n) is 9.12. The molecule has 0 unspecified atom stereocenters. The van der Waals surface area contributed by atoms with E-state index in [2.05, 4.69) is 27.9 Å². The van der Waals surface area contributed by atoms with Gasteiger partial charge < -0.3 is 5.32 Å². The lowest BCUT2D eigenvalue weighted by Crippen LogP contribution is -2.37. The smallest absolute Gasteiger partial charge is 0.245 e. The Morgan fingerprint density at radius 1 is 0.933 bits per heavy atom. The van der Waals surface area contributed by atoms with Crippen LogP contribution in [0.3, 0.4) is 0 Å².